The van der Waals surface area contributed by atoms with E-state index in [0.29, 0.717) is 0 Å². The Morgan fingerprint density at radius 3 is 2.53 bits per heavy atom. The summed E-state index contributed by atoms with van der Waals surface area (Å²) in [5.41, 5.74) is 3.23. The number of aryl methyl sites for hydroxylation is 3. The molecule has 1 aromatic heterocycles. The van der Waals surface area contributed by atoms with Crippen LogP contribution in [0, 0.1) is 20.8 Å². The quantitative estimate of drug-likeness (QED) is 0.827. The van der Waals surface area contributed by atoms with Gasteiger partial charge in [0, 0.05) is 21.5 Å². The van der Waals surface area contributed by atoms with Crippen LogP contribution in [0.4, 0.5) is 5.69 Å². The van der Waals surface area contributed by atoms with Crippen molar-refractivity contribution in [2.24, 2.45) is 0 Å². The molecule has 0 bridgehead atoms. The number of carbonyl (C=O) groups excluding carboxylic acids is 1. The second-order valence-electron chi connectivity index (χ2n) is 4.57. The summed E-state index contributed by atoms with van der Waals surface area (Å²) in [4.78, 5) is 14.1. The number of anilines is 1. The summed E-state index contributed by atoms with van der Waals surface area (Å²) in [6.07, 6.45) is 3.41. The minimum absolute atomic E-state index is 0.102. The van der Waals surface area contributed by atoms with E-state index in [2.05, 4.69) is 19.2 Å². The number of rotatable bonds is 3. The zero-order valence-corrected chi connectivity index (χ0v) is 12.2. The SMILES string of the molecule is Cc1ccc(/C=C/C(=O)Nc2ccc(C)c(C)c2)s1. The minimum atomic E-state index is -0.102. The predicted molar refractivity (Wildman–Crippen MR) is 82.6 cm³/mol. The van der Waals surface area contributed by atoms with Crippen LogP contribution in [-0.2, 0) is 4.79 Å². The molecule has 19 heavy (non-hydrogen) atoms. The Hall–Kier alpha value is -1.87. The molecule has 98 valence electrons. The fraction of sp³-hybridized carbons (Fsp3) is 0.188. The zero-order valence-electron chi connectivity index (χ0n) is 11.4. The first-order valence-electron chi connectivity index (χ1n) is 6.17. The van der Waals surface area contributed by atoms with Crippen LogP contribution in [0.1, 0.15) is 20.9 Å². The van der Waals surface area contributed by atoms with E-state index >= 15 is 0 Å². The standard InChI is InChI=1S/C16H17NOS/c1-11-4-6-14(10-12(11)2)17-16(18)9-8-15-7-5-13(3)19-15/h4-10H,1-3H3,(H,17,18)/b9-8+. The van der Waals surface area contributed by atoms with Gasteiger partial charge in [0.25, 0.3) is 0 Å². The van der Waals surface area contributed by atoms with Gasteiger partial charge in [-0.3, -0.25) is 4.79 Å². The molecular weight excluding hydrogens is 254 g/mol. The highest BCUT2D eigenvalue weighted by Crippen LogP contribution is 2.17. The van der Waals surface area contributed by atoms with E-state index in [9.17, 15) is 4.79 Å². The topological polar surface area (TPSA) is 29.1 Å². The third-order valence-corrected chi connectivity index (χ3v) is 3.90. The van der Waals surface area contributed by atoms with E-state index in [-0.39, 0.29) is 5.91 Å². The van der Waals surface area contributed by atoms with E-state index in [1.807, 2.05) is 43.3 Å². The zero-order chi connectivity index (χ0) is 13.8. The lowest BCUT2D eigenvalue weighted by Crippen LogP contribution is -2.07. The lowest BCUT2D eigenvalue weighted by Gasteiger charge is -2.05. The van der Waals surface area contributed by atoms with Crippen LogP contribution in [0.15, 0.2) is 36.4 Å². The van der Waals surface area contributed by atoms with E-state index < -0.39 is 0 Å². The second kappa shape index (κ2) is 5.85. The number of amides is 1. The van der Waals surface area contributed by atoms with Crippen molar-refractivity contribution in [3.05, 3.63) is 57.3 Å². The maximum absolute atomic E-state index is 11.8. The van der Waals surface area contributed by atoms with Gasteiger partial charge in [-0.2, -0.15) is 0 Å². The van der Waals surface area contributed by atoms with E-state index in [0.717, 1.165) is 10.6 Å². The van der Waals surface area contributed by atoms with Crippen LogP contribution < -0.4 is 5.32 Å². The lowest BCUT2D eigenvalue weighted by atomic mass is 10.1. The maximum atomic E-state index is 11.8. The predicted octanol–water partition coefficient (Wildman–Crippen LogP) is 4.33. The van der Waals surface area contributed by atoms with Gasteiger partial charge in [0.1, 0.15) is 0 Å². The van der Waals surface area contributed by atoms with Gasteiger partial charge >= 0.3 is 0 Å². The molecule has 0 spiro atoms. The molecular formula is C16H17NOS. The number of thiophene rings is 1. The Balaban J connectivity index is 2.01. The summed E-state index contributed by atoms with van der Waals surface area (Å²) < 4.78 is 0. The minimum Gasteiger partial charge on any atom is -0.323 e. The van der Waals surface area contributed by atoms with Crippen molar-refractivity contribution in [1.82, 2.24) is 0 Å². The van der Waals surface area contributed by atoms with Gasteiger partial charge in [0.05, 0.1) is 0 Å². The molecule has 1 aromatic carbocycles. The summed E-state index contributed by atoms with van der Waals surface area (Å²) in [5, 5.41) is 2.87. The van der Waals surface area contributed by atoms with Crippen molar-refractivity contribution < 1.29 is 4.79 Å². The molecule has 0 fully saturated rings. The molecule has 0 radical (unpaired) electrons. The van der Waals surface area contributed by atoms with E-state index in [1.165, 1.54) is 16.0 Å². The Labute approximate surface area is 117 Å². The summed E-state index contributed by atoms with van der Waals surface area (Å²) >= 11 is 1.67. The van der Waals surface area contributed by atoms with Gasteiger partial charge in [-0.15, -0.1) is 11.3 Å². The number of hydrogen-bond donors (Lipinski definition) is 1. The molecule has 2 aromatic rings. The molecule has 2 nitrogen and oxygen atoms in total. The first kappa shape index (κ1) is 13.6. The summed E-state index contributed by atoms with van der Waals surface area (Å²) in [6.45, 7) is 6.15. The van der Waals surface area contributed by atoms with Crippen molar-refractivity contribution in [2.75, 3.05) is 5.32 Å². The van der Waals surface area contributed by atoms with Gasteiger partial charge in [-0.25, -0.2) is 0 Å². The van der Waals surface area contributed by atoms with E-state index in [1.54, 1.807) is 17.4 Å². The van der Waals surface area contributed by atoms with Crippen LogP contribution in [0.25, 0.3) is 6.08 Å². The number of hydrogen-bond acceptors (Lipinski definition) is 2. The molecule has 0 aliphatic heterocycles. The summed E-state index contributed by atoms with van der Waals surface area (Å²) in [7, 11) is 0. The molecule has 1 amide bonds. The molecule has 3 heteroatoms. The molecule has 1 heterocycles. The first-order valence-corrected chi connectivity index (χ1v) is 6.99. The van der Waals surface area contributed by atoms with Gasteiger partial charge in [-0.05, 0) is 62.2 Å². The summed E-state index contributed by atoms with van der Waals surface area (Å²) in [5.74, 6) is -0.102. The van der Waals surface area contributed by atoms with Crippen LogP contribution >= 0.6 is 11.3 Å². The van der Waals surface area contributed by atoms with Gasteiger partial charge in [-0.1, -0.05) is 6.07 Å². The average molecular weight is 271 g/mol. The molecule has 1 N–H and O–H groups in total. The maximum Gasteiger partial charge on any atom is 0.248 e. The first-order chi connectivity index (χ1) is 9.04. The molecule has 0 saturated carbocycles. The van der Waals surface area contributed by atoms with Crippen molar-refractivity contribution in [3.63, 3.8) is 0 Å². The van der Waals surface area contributed by atoms with Crippen LogP contribution in [0.2, 0.25) is 0 Å². The summed E-state index contributed by atoms with van der Waals surface area (Å²) in [6, 6.07) is 9.97. The number of nitrogens with one attached hydrogen (secondary N) is 1. The third kappa shape index (κ3) is 3.80. The smallest absolute Gasteiger partial charge is 0.248 e. The van der Waals surface area contributed by atoms with Crippen LogP contribution in [0.5, 0.6) is 0 Å². The Morgan fingerprint density at radius 1 is 1.11 bits per heavy atom. The number of benzene rings is 1. The fourth-order valence-electron chi connectivity index (χ4n) is 1.70. The third-order valence-electron chi connectivity index (χ3n) is 2.93. The average Bonchev–Trinajstić information content (AvgIpc) is 2.77. The van der Waals surface area contributed by atoms with Crippen molar-refractivity contribution >= 4 is 29.0 Å². The molecule has 0 unspecified atom stereocenters. The fourth-order valence-corrected chi connectivity index (χ4v) is 2.48. The Bertz CT molecular complexity index is 625. The molecule has 0 aliphatic carbocycles. The Kier molecular flexibility index (Phi) is 4.17. The largest absolute Gasteiger partial charge is 0.323 e. The van der Waals surface area contributed by atoms with Crippen molar-refractivity contribution in [3.8, 4) is 0 Å². The highest BCUT2D eigenvalue weighted by Gasteiger charge is 2.00. The highest BCUT2D eigenvalue weighted by atomic mass is 32.1. The van der Waals surface area contributed by atoms with E-state index in [4.69, 9.17) is 0 Å². The monoisotopic (exact) mass is 271 g/mol. The Morgan fingerprint density at radius 2 is 1.89 bits per heavy atom. The van der Waals surface area contributed by atoms with Crippen molar-refractivity contribution in [2.45, 2.75) is 20.8 Å². The lowest BCUT2D eigenvalue weighted by molar-refractivity contribution is -0.111. The normalized spacial score (nSPS) is 10.9. The highest BCUT2D eigenvalue weighted by molar-refractivity contribution is 7.12. The number of carbonyl (C=O) groups is 1. The van der Waals surface area contributed by atoms with Gasteiger partial charge in [0.15, 0.2) is 0 Å². The molecule has 0 atom stereocenters. The van der Waals surface area contributed by atoms with Crippen molar-refractivity contribution in [1.29, 1.82) is 0 Å². The molecule has 0 aliphatic rings. The molecule has 0 saturated heterocycles. The van der Waals surface area contributed by atoms with Crippen LogP contribution in [0.3, 0.4) is 0 Å². The molecule has 2 rings (SSSR count). The second-order valence-corrected chi connectivity index (χ2v) is 5.89. The van der Waals surface area contributed by atoms with Gasteiger partial charge < -0.3 is 5.32 Å². The van der Waals surface area contributed by atoms with Gasteiger partial charge in [0.2, 0.25) is 5.91 Å². The van der Waals surface area contributed by atoms with Crippen LogP contribution in [-0.4, -0.2) is 5.91 Å².